The Bertz CT molecular complexity index is 594. The van der Waals surface area contributed by atoms with E-state index in [2.05, 4.69) is 10.1 Å². The number of carbonyl (C=O) groups is 1. The fourth-order valence-electron chi connectivity index (χ4n) is 1.37. The molecule has 0 atom stereocenters. The molecule has 1 aromatic carbocycles. The molecule has 2 aromatic rings. The monoisotopic (exact) mass is 238 g/mol. The van der Waals surface area contributed by atoms with Gasteiger partial charge in [0.15, 0.2) is 0 Å². The lowest BCUT2D eigenvalue weighted by Crippen LogP contribution is -2.19. The van der Waals surface area contributed by atoms with Gasteiger partial charge in [-0.2, -0.15) is 14.8 Å². The van der Waals surface area contributed by atoms with Gasteiger partial charge in [-0.25, -0.2) is 8.78 Å². The number of nitrogen functional groups attached to an aromatic ring is 1. The van der Waals surface area contributed by atoms with Crippen LogP contribution >= 0.6 is 0 Å². The lowest BCUT2D eigenvalue weighted by molar-refractivity contribution is 0.0939. The summed E-state index contributed by atoms with van der Waals surface area (Å²) in [6.45, 7) is 1.43. The molecule has 0 spiro atoms. The van der Waals surface area contributed by atoms with Gasteiger partial charge in [0, 0.05) is 0 Å². The van der Waals surface area contributed by atoms with Crippen LogP contribution in [-0.4, -0.2) is 20.7 Å². The Kier molecular flexibility index (Phi) is 2.58. The second-order valence-corrected chi connectivity index (χ2v) is 3.39. The molecule has 0 unspecified atom stereocenters. The molecule has 17 heavy (non-hydrogen) atoms. The maximum atomic E-state index is 13.7. The summed E-state index contributed by atoms with van der Waals surface area (Å²) in [4.78, 5) is 15.3. The van der Waals surface area contributed by atoms with Gasteiger partial charge in [0.2, 0.25) is 5.95 Å². The third-order valence-electron chi connectivity index (χ3n) is 2.26. The third-order valence-corrected chi connectivity index (χ3v) is 2.26. The number of aromatic nitrogens is 3. The van der Waals surface area contributed by atoms with Crippen molar-refractivity contribution in [1.82, 2.24) is 14.8 Å². The van der Waals surface area contributed by atoms with Gasteiger partial charge in [0.25, 0.3) is 5.91 Å². The van der Waals surface area contributed by atoms with E-state index in [1.165, 1.54) is 13.0 Å². The van der Waals surface area contributed by atoms with Gasteiger partial charge >= 0.3 is 0 Å². The van der Waals surface area contributed by atoms with E-state index < -0.39 is 23.1 Å². The van der Waals surface area contributed by atoms with Crippen molar-refractivity contribution in [3.63, 3.8) is 0 Å². The molecule has 5 nitrogen and oxygen atoms in total. The molecule has 1 heterocycles. The van der Waals surface area contributed by atoms with Gasteiger partial charge in [0.05, 0.1) is 0 Å². The van der Waals surface area contributed by atoms with E-state index in [4.69, 9.17) is 5.73 Å². The Hall–Kier alpha value is -2.31. The number of aryl methyl sites for hydroxylation is 1. The van der Waals surface area contributed by atoms with Crippen LogP contribution in [0.15, 0.2) is 18.5 Å². The number of nitrogens with zero attached hydrogens (tertiary/aromatic N) is 3. The van der Waals surface area contributed by atoms with E-state index in [1.807, 2.05) is 0 Å². The van der Waals surface area contributed by atoms with Crippen molar-refractivity contribution in [3.8, 4) is 0 Å². The van der Waals surface area contributed by atoms with E-state index in [0.717, 1.165) is 12.4 Å². The van der Waals surface area contributed by atoms with Crippen LogP contribution in [0.25, 0.3) is 0 Å². The Morgan fingerprint density at radius 1 is 1.41 bits per heavy atom. The molecule has 0 saturated carbocycles. The van der Waals surface area contributed by atoms with Crippen LogP contribution in [-0.2, 0) is 0 Å². The van der Waals surface area contributed by atoms with Gasteiger partial charge in [-0.3, -0.25) is 4.79 Å². The molecule has 0 amide bonds. The molecule has 2 rings (SSSR count). The summed E-state index contributed by atoms with van der Waals surface area (Å²) in [7, 11) is 0. The van der Waals surface area contributed by atoms with Gasteiger partial charge in [-0.1, -0.05) is 6.07 Å². The maximum absolute atomic E-state index is 13.7. The molecule has 0 aliphatic rings. The van der Waals surface area contributed by atoms with Gasteiger partial charge in [-0.05, 0) is 18.6 Å². The van der Waals surface area contributed by atoms with Gasteiger partial charge < -0.3 is 5.73 Å². The number of anilines is 1. The van der Waals surface area contributed by atoms with Crippen LogP contribution < -0.4 is 5.73 Å². The van der Waals surface area contributed by atoms with Crippen LogP contribution in [0.4, 0.5) is 14.7 Å². The number of halogens is 2. The van der Waals surface area contributed by atoms with E-state index in [0.29, 0.717) is 4.68 Å². The quantitative estimate of drug-likeness (QED) is 0.808. The lowest BCUT2D eigenvalue weighted by atomic mass is 10.1. The maximum Gasteiger partial charge on any atom is 0.287 e. The van der Waals surface area contributed by atoms with E-state index in [-0.39, 0.29) is 11.5 Å². The van der Waals surface area contributed by atoms with Crippen molar-refractivity contribution in [2.75, 3.05) is 5.73 Å². The molecule has 7 heteroatoms. The van der Waals surface area contributed by atoms with Crippen molar-refractivity contribution in [2.24, 2.45) is 0 Å². The summed E-state index contributed by atoms with van der Waals surface area (Å²) >= 11 is 0. The molecular weight excluding hydrogens is 230 g/mol. The smallest absolute Gasteiger partial charge is 0.287 e. The molecule has 0 aliphatic heterocycles. The van der Waals surface area contributed by atoms with Crippen LogP contribution in [0.1, 0.15) is 15.9 Å². The normalized spacial score (nSPS) is 10.5. The summed E-state index contributed by atoms with van der Waals surface area (Å²) in [6, 6.07) is 2.25. The second kappa shape index (κ2) is 3.93. The predicted molar refractivity (Wildman–Crippen MR) is 55.3 cm³/mol. The Morgan fingerprint density at radius 2 is 2.12 bits per heavy atom. The van der Waals surface area contributed by atoms with Crippen molar-refractivity contribution < 1.29 is 13.6 Å². The topological polar surface area (TPSA) is 73.8 Å². The highest BCUT2D eigenvalue weighted by Crippen LogP contribution is 2.17. The summed E-state index contributed by atoms with van der Waals surface area (Å²) < 4.78 is 27.8. The summed E-state index contributed by atoms with van der Waals surface area (Å²) in [5.74, 6) is -3.10. The number of hydrogen-bond acceptors (Lipinski definition) is 4. The minimum atomic E-state index is -0.987. The number of nitrogens with two attached hydrogens (primary N) is 1. The molecule has 0 aliphatic carbocycles. The first-order valence-corrected chi connectivity index (χ1v) is 4.67. The minimum Gasteiger partial charge on any atom is -0.368 e. The zero-order chi connectivity index (χ0) is 12.6. The fourth-order valence-corrected chi connectivity index (χ4v) is 1.37. The van der Waals surface area contributed by atoms with E-state index >= 15 is 0 Å². The molecule has 0 fully saturated rings. The second-order valence-electron chi connectivity index (χ2n) is 3.39. The van der Waals surface area contributed by atoms with Crippen LogP contribution in [0, 0.1) is 18.6 Å². The van der Waals surface area contributed by atoms with Crippen molar-refractivity contribution >= 4 is 11.9 Å². The summed E-state index contributed by atoms with van der Waals surface area (Å²) in [6.07, 6.45) is 1.03. The Balaban J connectivity index is 2.59. The molecule has 2 N–H and O–H groups in total. The molecular formula is C10H8F2N4O. The largest absolute Gasteiger partial charge is 0.368 e. The zero-order valence-corrected chi connectivity index (χ0v) is 8.82. The van der Waals surface area contributed by atoms with E-state index in [1.54, 1.807) is 0 Å². The first-order chi connectivity index (χ1) is 8.02. The van der Waals surface area contributed by atoms with Gasteiger partial charge in [0.1, 0.15) is 23.5 Å². The van der Waals surface area contributed by atoms with Crippen LogP contribution in [0.2, 0.25) is 0 Å². The van der Waals surface area contributed by atoms with Crippen molar-refractivity contribution in [3.05, 3.63) is 41.2 Å². The number of hydrogen-bond donors (Lipinski definition) is 1. The van der Waals surface area contributed by atoms with Crippen molar-refractivity contribution in [1.29, 1.82) is 0 Å². The number of carbonyl (C=O) groups excluding carboxylic acids is 1. The molecule has 1 aromatic heterocycles. The highest BCUT2D eigenvalue weighted by atomic mass is 19.1. The van der Waals surface area contributed by atoms with Crippen molar-refractivity contribution in [2.45, 2.75) is 6.92 Å². The first kappa shape index (κ1) is 11.2. The van der Waals surface area contributed by atoms with E-state index in [9.17, 15) is 13.6 Å². The molecule has 0 saturated heterocycles. The fraction of sp³-hybridized carbons (Fsp3) is 0.100. The molecule has 0 bridgehead atoms. The molecule has 88 valence electrons. The standard InChI is InChI=1S/C10H8F2N4O/c1-5-2-3-6(11)7(8(5)12)9(17)16-10(13)14-4-15-16/h2-4H,1H3,(H2,13,14,15). The summed E-state index contributed by atoms with van der Waals surface area (Å²) in [5, 5.41) is 3.50. The first-order valence-electron chi connectivity index (χ1n) is 4.67. The summed E-state index contributed by atoms with van der Waals surface area (Å²) in [5.41, 5.74) is 4.81. The lowest BCUT2D eigenvalue weighted by Gasteiger charge is -2.06. The van der Waals surface area contributed by atoms with Crippen LogP contribution in [0.3, 0.4) is 0 Å². The number of benzene rings is 1. The predicted octanol–water partition coefficient (Wildman–Crippen LogP) is 1.14. The zero-order valence-electron chi connectivity index (χ0n) is 8.82. The minimum absolute atomic E-state index is 0.161. The highest BCUT2D eigenvalue weighted by molar-refractivity contribution is 5.97. The average molecular weight is 238 g/mol. The average Bonchev–Trinajstić information content (AvgIpc) is 2.70. The Labute approximate surface area is 94.9 Å². The Morgan fingerprint density at radius 3 is 2.71 bits per heavy atom. The van der Waals surface area contributed by atoms with Crippen LogP contribution in [0.5, 0.6) is 0 Å². The van der Waals surface area contributed by atoms with Gasteiger partial charge in [-0.15, -0.1) is 0 Å². The highest BCUT2D eigenvalue weighted by Gasteiger charge is 2.22. The SMILES string of the molecule is Cc1ccc(F)c(C(=O)n2ncnc2N)c1F. The molecule has 0 radical (unpaired) electrons. The number of rotatable bonds is 1. The third kappa shape index (κ3) is 1.75.